The van der Waals surface area contributed by atoms with Crippen molar-refractivity contribution >= 4 is 29.2 Å². The molecule has 0 spiro atoms. The summed E-state index contributed by atoms with van der Waals surface area (Å²) in [6.45, 7) is 0. The smallest absolute Gasteiger partial charge is 0.228 e. The monoisotopic (exact) mass is 308 g/mol. The second-order valence-electron chi connectivity index (χ2n) is 4.81. The Labute approximate surface area is 127 Å². The molecule has 21 heavy (non-hydrogen) atoms. The largest absolute Gasteiger partial charge is 0.550 e. The molecule has 0 radical (unpaired) electrons. The number of methoxy groups -OCH3 is 1. The van der Waals surface area contributed by atoms with Crippen molar-refractivity contribution < 1.29 is 19.4 Å². The van der Waals surface area contributed by atoms with Crippen molar-refractivity contribution in [3.8, 4) is 5.75 Å². The third-order valence-electron chi connectivity index (χ3n) is 3.49. The van der Waals surface area contributed by atoms with Crippen LogP contribution >= 0.6 is 11.6 Å². The van der Waals surface area contributed by atoms with Crippen LogP contribution in [-0.2, 0) is 9.59 Å². The lowest BCUT2D eigenvalue weighted by atomic mass is 9.82. The number of carboxylic acid groups (broad SMARTS) is 1. The van der Waals surface area contributed by atoms with E-state index in [0.717, 1.165) is 0 Å². The highest BCUT2D eigenvalue weighted by Gasteiger charge is 2.30. The fraction of sp³-hybridized carbons (Fsp3) is 0.333. The highest BCUT2D eigenvalue weighted by molar-refractivity contribution is 6.31. The highest BCUT2D eigenvalue weighted by atomic mass is 35.5. The second-order valence-corrected chi connectivity index (χ2v) is 5.25. The highest BCUT2D eigenvalue weighted by Crippen LogP contribution is 2.31. The van der Waals surface area contributed by atoms with E-state index >= 15 is 0 Å². The molecule has 1 aromatic rings. The number of benzene rings is 1. The third-order valence-corrected chi connectivity index (χ3v) is 3.73. The van der Waals surface area contributed by atoms with Gasteiger partial charge in [0, 0.05) is 16.9 Å². The maximum Gasteiger partial charge on any atom is 0.228 e. The summed E-state index contributed by atoms with van der Waals surface area (Å²) < 4.78 is 5.15. The van der Waals surface area contributed by atoms with E-state index in [-0.39, 0.29) is 5.91 Å². The zero-order valence-electron chi connectivity index (χ0n) is 11.5. The van der Waals surface area contributed by atoms with Crippen molar-refractivity contribution in [2.45, 2.75) is 12.8 Å². The Balaban J connectivity index is 2.19. The number of ether oxygens (including phenoxy) is 1. The number of carbonyl (C=O) groups excluding carboxylic acids is 2. The molecule has 112 valence electrons. The number of carbonyl (C=O) groups is 2. The first kappa shape index (κ1) is 15.4. The van der Waals surface area contributed by atoms with Gasteiger partial charge in [-0.3, -0.25) is 4.79 Å². The van der Waals surface area contributed by atoms with Gasteiger partial charge in [-0.1, -0.05) is 23.8 Å². The van der Waals surface area contributed by atoms with E-state index in [1.807, 2.05) is 0 Å². The van der Waals surface area contributed by atoms with Crippen LogP contribution in [0.4, 0.5) is 5.69 Å². The standard InChI is InChI=1S/C15H16ClNO4/c1-21-13-7-6-9(16)8-12(13)17-14(18)10-4-2-3-5-11(10)15(19)20/h2-3,6-8,10-11H,4-5H2,1H3,(H,17,18)(H,19,20)/p-1. The molecule has 5 nitrogen and oxygen atoms in total. The van der Waals surface area contributed by atoms with Gasteiger partial charge in [0.05, 0.1) is 18.7 Å². The summed E-state index contributed by atoms with van der Waals surface area (Å²) in [5.41, 5.74) is 0.418. The molecule has 1 amide bonds. The van der Waals surface area contributed by atoms with E-state index in [1.165, 1.54) is 7.11 Å². The Morgan fingerprint density at radius 2 is 1.95 bits per heavy atom. The van der Waals surface area contributed by atoms with E-state index in [2.05, 4.69) is 5.32 Å². The number of carboxylic acids is 1. The van der Waals surface area contributed by atoms with E-state index in [1.54, 1.807) is 30.4 Å². The van der Waals surface area contributed by atoms with E-state index in [0.29, 0.717) is 29.3 Å². The van der Waals surface area contributed by atoms with Crippen LogP contribution in [0.25, 0.3) is 0 Å². The van der Waals surface area contributed by atoms with Crippen LogP contribution in [0.15, 0.2) is 30.4 Å². The van der Waals surface area contributed by atoms with Crippen LogP contribution in [0.2, 0.25) is 5.02 Å². The molecule has 0 bridgehead atoms. The Kier molecular flexibility index (Phi) is 4.85. The quantitative estimate of drug-likeness (QED) is 0.857. The lowest BCUT2D eigenvalue weighted by Crippen LogP contribution is -2.41. The fourth-order valence-electron chi connectivity index (χ4n) is 2.37. The van der Waals surface area contributed by atoms with E-state index in [9.17, 15) is 14.7 Å². The van der Waals surface area contributed by atoms with Gasteiger partial charge >= 0.3 is 0 Å². The molecule has 2 rings (SSSR count). The molecule has 0 saturated carbocycles. The molecule has 0 heterocycles. The summed E-state index contributed by atoms with van der Waals surface area (Å²) in [5, 5.41) is 14.3. The van der Waals surface area contributed by atoms with Gasteiger partial charge in [-0.05, 0) is 31.0 Å². The molecule has 1 aromatic carbocycles. The summed E-state index contributed by atoms with van der Waals surface area (Å²) >= 11 is 5.90. The van der Waals surface area contributed by atoms with Gasteiger partial charge in [0.1, 0.15) is 5.75 Å². The van der Waals surface area contributed by atoms with E-state index in [4.69, 9.17) is 16.3 Å². The van der Waals surface area contributed by atoms with Gasteiger partial charge in [-0.2, -0.15) is 0 Å². The molecule has 0 aromatic heterocycles. The number of halogens is 1. The van der Waals surface area contributed by atoms with Crippen molar-refractivity contribution in [3.05, 3.63) is 35.4 Å². The number of rotatable bonds is 4. The molecule has 1 aliphatic rings. The number of allylic oxidation sites excluding steroid dienone is 2. The minimum Gasteiger partial charge on any atom is -0.550 e. The summed E-state index contributed by atoms with van der Waals surface area (Å²) in [7, 11) is 1.48. The van der Waals surface area contributed by atoms with Crippen LogP contribution in [0.5, 0.6) is 5.75 Å². The van der Waals surface area contributed by atoms with Crippen LogP contribution in [0.1, 0.15) is 12.8 Å². The average molecular weight is 309 g/mol. The Hall–Kier alpha value is -2.01. The molecule has 0 fully saturated rings. The number of anilines is 1. The molecule has 0 aliphatic heterocycles. The minimum atomic E-state index is -1.21. The Bertz CT molecular complexity index is 585. The first-order valence-corrected chi connectivity index (χ1v) is 6.91. The molecule has 1 aliphatic carbocycles. The van der Waals surface area contributed by atoms with Crippen LogP contribution < -0.4 is 15.2 Å². The predicted octanol–water partition coefficient (Wildman–Crippen LogP) is 1.62. The van der Waals surface area contributed by atoms with Crippen LogP contribution in [0, 0.1) is 11.8 Å². The minimum absolute atomic E-state index is 0.299. The van der Waals surface area contributed by atoms with Gasteiger partial charge in [0.15, 0.2) is 0 Å². The lowest BCUT2D eigenvalue weighted by molar-refractivity contribution is -0.313. The molecular weight excluding hydrogens is 294 g/mol. The molecule has 0 saturated heterocycles. The fourth-order valence-corrected chi connectivity index (χ4v) is 2.54. The number of nitrogens with one attached hydrogen (secondary N) is 1. The van der Waals surface area contributed by atoms with Crippen molar-refractivity contribution in [1.82, 2.24) is 0 Å². The summed E-state index contributed by atoms with van der Waals surface area (Å²) in [6, 6.07) is 4.84. The average Bonchev–Trinajstić information content (AvgIpc) is 2.47. The SMILES string of the molecule is COc1ccc(Cl)cc1NC(=O)C1CC=CCC1C(=O)[O-]. The van der Waals surface area contributed by atoms with Gasteiger partial charge in [0.25, 0.3) is 0 Å². The second kappa shape index (κ2) is 6.63. The Morgan fingerprint density at radius 1 is 1.29 bits per heavy atom. The van der Waals surface area contributed by atoms with Crippen molar-refractivity contribution in [1.29, 1.82) is 0 Å². The number of hydrogen-bond acceptors (Lipinski definition) is 4. The topological polar surface area (TPSA) is 78.5 Å². The van der Waals surface area contributed by atoms with E-state index < -0.39 is 17.8 Å². The first-order chi connectivity index (χ1) is 10.0. The third kappa shape index (κ3) is 3.55. The maximum atomic E-state index is 12.3. The Morgan fingerprint density at radius 3 is 2.57 bits per heavy atom. The summed E-state index contributed by atoms with van der Waals surface area (Å²) in [6.07, 6.45) is 4.23. The number of amides is 1. The lowest BCUT2D eigenvalue weighted by Gasteiger charge is -2.28. The predicted molar refractivity (Wildman–Crippen MR) is 77.0 cm³/mol. The molecule has 6 heteroatoms. The summed E-state index contributed by atoms with van der Waals surface area (Å²) in [4.78, 5) is 23.5. The maximum absolute atomic E-state index is 12.3. The normalized spacial score (nSPS) is 20.9. The van der Waals surface area contributed by atoms with Crippen molar-refractivity contribution in [3.63, 3.8) is 0 Å². The van der Waals surface area contributed by atoms with Crippen molar-refractivity contribution in [2.24, 2.45) is 11.8 Å². The molecule has 2 unspecified atom stereocenters. The number of hydrogen-bond donors (Lipinski definition) is 1. The van der Waals surface area contributed by atoms with Crippen LogP contribution in [-0.4, -0.2) is 19.0 Å². The molecule has 1 N–H and O–H groups in total. The zero-order valence-corrected chi connectivity index (χ0v) is 12.2. The zero-order chi connectivity index (χ0) is 15.4. The summed E-state index contributed by atoms with van der Waals surface area (Å²) in [5.74, 6) is -2.61. The van der Waals surface area contributed by atoms with Gasteiger partial charge < -0.3 is 20.0 Å². The van der Waals surface area contributed by atoms with Gasteiger partial charge in [-0.25, -0.2) is 0 Å². The number of aliphatic carboxylic acids is 1. The van der Waals surface area contributed by atoms with Gasteiger partial charge in [-0.15, -0.1) is 0 Å². The van der Waals surface area contributed by atoms with Crippen LogP contribution in [0.3, 0.4) is 0 Å². The molecular formula is C15H15ClNO4-. The van der Waals surface area contributed by atoms with Gasteiger partial charge in [0.2, 0.25) is 5.91 Å². The van der Waals surface area contributed by atoms with Crippen molar-refractivity contribution in [2.75, 3.05) is 12.4 Å². The molecule has 2 atom stereocenters. The first-order valence-electron chi connectivity index (χ1n) is 6.53.